The SMILES string of the molecule is S=C1N=CC2=NC=NC2(S)N1. The molecular formula is C5H4N4S2. The maximum absolute atomic E-state index is 4.81. The van der Waals surface area contributed by atoms with Crippen LogP contribution in [0.5, 0.6) is 0 Å². The smallest absolute Gasteiger partial charge is 0.223 e. The van der Waals surface area contributed by atoms with Gasteiger partial charge in [-0.2, -0.15) is 0 Å². The van der Waals surface area contributed by atoms with Crippen molar-refractivity contribution >= 4 is 48.2 Å². The molecule has 1 atom stereocenters. The number of thiol groups is 1. The summed E-state index contributed by atoms with van der Waals surface area (Å²) in [5, 5.41) is 3.21. The molecule has 11 heavy (non-hydrogen) atoms. The Morgan fingerprint density at radius 1 is 1.64 bits per heavy atom. The topological polar surface area (TPSA) is 49.1 Å². The molecule has 2 aliphatic heterocycles. The number of aliphatic imine (C=N–C) groups is 3. The second-order valence-electron chi connectivity index (χ2n) is 2.12. The number of hydrogen-bond donors (Lipinski definition) is 2. The summed E-state index contributed by atoms with van der Waals surface area (Å²) < 4.78 is 0. The first-order chi connectivity index (χ1) is 5.21. The normalized spacial score (nSPS) is 33.2. The predicted molar refractivity (Wildman–Crippen MR) is 51.9 cm³/mol. The van der Waals surface area contributed by atoms with E-state index in [1.165, 1.54) is 6.34 Å². The predicted octanol–water partition coefficient (Wildman–Crippen LogP) is 0.0118. The Balaban J connectivity index is 2.46. The van der Waals surface area contributed by atoms with E-state index in [2.05, 4.69) is 32.9 Å². The summed E-state index contributed by atoms with van der Waals surface area (Å²) in [6.07, 6.45) is 3.01. The highest BCUT2D eigenvalue weighted by atomic mass is 32.1. The molecule has 0 bridgehead atoms. The van der Waals surface area contributed by atoms with Gasteiger partial charge < -0.3 is 5.32 Å². The lowest BCUT2D eigenvalue weighted by Gasteiger charge is -2.24. The molecule has 0 saturated carbocycles. The van der Waals surface area contributed by atoms with Gasteiger partial charge in [-0.3, -0.25) is 0 Å². The van der Waals surface area contributed by atoms with Gasteiger partial charge in [-0.05, 0) is 12.2 Å². The van der Waals surface area contributed by atoms with Gasteiger partial charge in [-0.15, -0.1) is 12.6 Å². The Morgan fingerprint density at radius 2 is 2.45 bits per heavy atom. The molecule has 0 aromatic heterocycles. The summed E-state index contributed by atoms with van der Waals surface area (Å²) in [5.74, 6) is 0. The maximum Gasteiger partial charge on any atom is 0.223 e. The fraction of sp³-hybridized carbons (Fsp3) is 0.200. The van der Waals surface area contributed by atoms with Crippen LogP contribution in [0.1, 0.15) is 0 Å². The zero-order valence-corrected chi connectivity index (χ0v) is 7.06. The largest absolute Gasteiger partial charge is 0.323 e. The van der Waals surface area contributed by atoms with Gasteiger partial charge >= 0.3 is 0 Å². The van der Waals surface area contributed by atoms with Crippen molar-refractivity contribution in [3.8, 4) is 0 Å². The first kappa shape index (κ1) is 6.93. The minimum Gasteiger partial charge on any atom is -0.323 e. The average molecular weight is 184 g/mol. The average Bonchev–Trinajstić information content (AvgIpc) is 2.28. The Morgan fingerprint density at radius 3 is 3.27 bits per heavy atom. The summed E-state index contributed by atoms with van der Waals surface area (Å²) in [7, 11) is 0. The van der Waals surface area contributed by atoms with Crippen molar-refractivity contribution < 1.29 is 0 Å². The van der Waals surface area contributed by atoms with Crippen LogP contribution < -0.4 is 5.32 Å². The van der Waals surface area contributed by atoms with E-state index < -0.39 is 4.99 Å². The van der Waals surface area contributed by atoms with E-state index in [0.717, 1.165) is 0 Å². The molecule has 1 N–H and O–H groups in total. The van der Waals surface area contributed by atoms with Crippen molar-refractivity contribution in [1.29, 1.82) is 0 Å². The van der Waals surface area contributed by atoms with E-state index in [4.69, 9.17) is 12.2 Å². The number of hydrogen-bond acceptors (Lipinski definition) is 4. The van der Waals surface area contributed by atoms with Crippen LogP contribution >= 0.6 is 24.8 Å². The molecule has 0 aromatic carbocycles. The molecule has 0 fully saturated rings. The van der Waals surface area contributed by atoms with Crippen molar-refractivity contribution in [3.05, 3.63) is 0 Å². The highest BCUT2D eigenvalue weighted by molar-refractivity contribution is 7.83. The molecule has 2 heterocycles. The number of nitrogens with one attached hydrogen (secondary N) is 1. The van der Waals surface area contributed by atoms with Gasteiger partial charge in [-0.1, -0.05) is 0 Å². The summed E-state index contributed by atoms with van der Waals surface area (Å²) in [4.78, 5) is 11.0. The molecule has 0 aliphatic carbocycles. The van der Waals surface area contributed by atoms with E-state index >= 15 is 0 Å². The van der Waals surface area contributed by atoms with Crippen LogP contribution in [0.25, 0.3) is 0 Å². The molecule has 1 unspecified atom stereocenters. The molecule has 0 saturated heterocycles. The number of rotatable bonds is 0. The van der Waals surface area contributed by atoms with E-state index in [9.17, 15) is 0 Å². The molecule has 2 rings (SSSR count). The van der Waals surface area contributed by atoms with E-state index in [1.807, 2.05) is 0 Å². The van der Waals surface area contributed by atoms with Crippen molar-refractivity contribution in [2.75, 3.05) is 0 Å². The van der Waals surface area contributed by atoms with Gasteiger partial charge in [-0.25, -0.2) is 15.0 Å². The van der Waals surface area contributed by atoms with Gasteiger partial charge in [0.2, 0.25) is 4.99 Å². The van der Waals surface area contributed by atoms with Gasteiger partial charge in [0.15, 0.2) is 5.11 Å². The highest BCUT2D eigenvalue weighted by Crippen LogP contribution is 2.20. The second-order valence-corrected chi connectivity index (χ2v) is 3.15. The lowest BCUT2D eigenvalue weighted by Crippen LogP contribution is -2.49. The third-order valence-corrected chi connectivity index (χ3v) is 2.05. The number of nitrogens with zero attached hydrogens (tertiary/aromatic N) is 3. The Hall–Kier alpha value is -0.750. The summed E-state index contributed by atoms with van der Waals surface area (Å²) in [6.45, 7) is 0. The fourth-order valence-corrected chi connectivity index (χ4v) is 1.40. The zero-order valence-electron chi connectivity index (χ0n) is 5.35. The lowest BCUT2D eigenvalue weighted by molar-refractivity contribution is 0.772. The Kier molecular flexibility index (Phi) is 1.33. The summed E-state index contributed by atoms with van der Waals surface area (Å²) in [6, 6.07) is 0. The maximum atomic E-state index is 4.81. The van der Waals surface area contributed by atoms with Crippen LogP contribution in [-0.2, 0) is 0 Å². The van der Waals surface area contributed by atoms with Gasteiger partial charge in [0.05, 0.1) is 6.21 Å². The lowest BCUT2D eigenvalue weighted by atomic mass is 10.3. The molecule has 56 valence electrons. The van der Waals surface area contributed by atoms with Crippen molar-refractivity contribution in [2.24, 2.45) is 15.0 Å². The first-order valence-corrected chi connectivity index (χ1v) is 3.77. The summed E-state index contributed by atoms with van der Waals surface area (Å²) >= 11 is 9.06. The molecule has 6 heteroatoms. The highest BCUT2D eigenvalue weighted by Gasteiger charge is 2.35. The fourth-order valence-electron chi connectivity index (χ4n) is 0.852. The van der Waals surface area contributed by atoms with Crippen LogP contribution in [0.3, 0.4) is 0 Å². The van der Waals surface area contributed by atoms with E-state index in [0.29, 0.717) is 10.8 Å². The molecule has 4 nitrogen and oxygen atoms in total. The minimum absolute atomic E-state index is 0.387. The Labute approximate surface area is 73.9 Å². The molecule has 0 aromatic rings. The third-order valence-electron chi connectivity index (χ3n) is 1.38. The molecule has 2 aliphatic rings. The van der Waals surface area contributed by atoms with E-state index in [1.54, 1.807) is 6.21 Å². The second kappa shape index (κ2) is 2.12. The van der Waals surface area contributed by atoms with Crippen LogP contribution in [0, 0.1) is 0 Å². The zero-order chi connectivity index (χ0) is 7.90. The number of thiocarbonyl (C=S) groups is 1. The molecule has 0 radical (unpaired) electrons. The van der Waals surface area contributed by atoms with Crippen LogP contribution in [-0.4, -0.2) is 28.4 Å². The van der Waals surface area contributed by atoms with Crippen LogP contribution in [0.4, 0.5) is 0 Å². The van der Waals surface area contributed by atoms with E-state index in [-0.39, 0.29) is 0 Å². The van der Waals surface area contributed by atoms with Gasteiger partial charge in [0.1, 0.15) is 12.1 Å². The quantitative estimate of drug-likeness (QED) is 0.411. The number of fused-ring (bicyclic) bond motifs is 1. The van der Waals surface area contributed by atoms with Crippen molar-refractivity contribution in [1.82, 2.24) is 5.32 Å². The molecular weight excluding hydrogens is 180 g/mol. The molecule has 0 spiro atoms. The minimum atomic E-state index is -0.765. The van der Waals surface area contributed by atoms with Crippen molar-refractivity contribution in [3.63, 3.8) is 0 Å². The van der Waals surface area contributed by atoms with Gasteiger partial charge in [0.25, 0.3) is 0 Å². The summed E-state index contributed by atoms with van der Waals surface area (Å²) in [5.41, 5.74) is 0.675. The van der Waals surface area contributed by atoms with Crippen molar-refractivity contribution in [2.45, 2.75) is 4.99 Å². The van der Waals surface area contributed by atoms with Gasteiger partial charge in [0, 0.05) is 0 Å². The monoisotopic (exact) mass is 184 g/mol. The first-order valence-electron chi connectivity index (χ1n) is 2.91. The standard InChI is InChI=1S/C5H4N4S2/c10-4-6-1-3-5(11,9-4)8-2-7-3/h1-2,11H,(H,9,10). The third kappa shape index (κ3) is 0.982. The van der Waals surface area contributed by atoms with Crippen LogP contribution in [0.2, 0.25) is 0 Å². The Bertz CT molecular complexity index is 306. The molecule has 0 amide bonds. The van der Waals surface area contributed by atoms with Crippen LogP contribution in [0.15, 0.2) is 15.0 Å².